The number of hydrogen-bond donors (Lipinski definition) is 2. The lowest BCUT2D eigenvalue weighted by atomic mass is 10.0. The highest BCUT2D eigenvalue weighted by molar-refractivity contribution is 6.06. The van der Waals surface area contributed by atoms with Gasteiger partial charge in [-0.1, -0.05) is 25.9 Å². The molecule has 0 aliphatic heterocycles. The number of aromatic nitrogens is 2. The van der Waals surface area contributed by atoms with Crippen LogP contribution in [0.2, 0.25) is 0 Å². The Balaban J connectivity index is 2.40. The molecule has 6 nitrogen and oxygen atoms in total. The van der Waals surface area contributed by atoms with Crippen LogP contribution in [0.4, 0.5) is 0 Å². The van der Waals surface area contributed by atoms with Gasteiger partial charge >= 0.3 is 0 Å². The number of aliphatic hydroxyl groups is 1. The summed E-state index contributed by atoms with van der Waals surface area (Å²) >= 11 is 0. The van der Waals surface area contributed by atoms with E-state index in [1.54, 1.807) is 13.0 Å². The SMILES string of the molecule is Cc1noc2nc(C(C)C)cc(C(=O)NCC(C)CO)c12. The summed E-state index contributed by atoms with van der Waals surface area (Å²) in [6.07, 6.45) is 0. The van der Waals surface area contributed by atoms with E-state index in [1.807, 2.05) is 20.8 Å². The Hall–Kier alpha value is -1.95. The van der Waals surface area contributed by atoms with Crippen molar-refractivity contribution >= 4 is 17.0 Å². The Morgan fingerprint density at radius 3 is 2.76 bits per heavy atom. The zero-order chi connectivity index (χ0) is 15.6. The van der Waals surface area contributed by atoms with Gasteiger partial charge in [0.2, 0.25) is 0 Å². The summed E-state index contributed by atoms with van der Waals surface area (Å²) in [6, 6.07) is 1.79. The molecule has 1 unspecified atom stereocenters. The third kappa shape index (κ3) is 3.21. The van der Waals surface area contributed by atoms with E-state index in [1.165, 1.54) is 0 Å². The molecule has 0 spiro atoms. The molecule has 0 saturated carbocycles. The van der Waals surface area contributed by atoms with Crippen LogP contribution in [0, 0.1) is 12.8 Å². The number of aryl methyl sites for hydroxylation is 1. The summed E-state index contributed by atoms with van der Waals surface area (Å²) in [5, 5.41) is 16.4. The van der Waals surface area contributed by atoms with Gasteiger partial charge in [-0.15, -0.1) is 0 Å². The number of hydrogen-bond acceptors (Lipinski definition) is 5. The topological polar surface area (TPSA) is 88.2 Å². The van der Waals surface area contributed by atoms with E-state index in [4.69, 9.17) is 9.63 Å². The quantitative estimate of drug-likeness (QED) is 0.879. The molecule has 0 aliphatic carbocycles. The number of amides is 1. The molecule has 0 saturated heterocycles. The van der Waals surface area contributed by atoms with Crippen LogP contribution in [0.1, 0.15) is 48.4 Å². The minimum absolute atomic E-state index is 0.0134. The Morgan fingerprint density at radius 1 is 1.43 bits per heavy atom. The predicted molar refractivity (Wildman–Crippen MR) is 79.2 cm³/mol. The Labute approximate surface area is 123 Å². The molecule has 2 rings (SSSR count). The number of fused-ring (bicyclic) bond motifs is 1. The van der Waals surface area contributed by atoms with Gasteiger partial charge in [0, 0.05) is 18.8 Å². The summed E-state index contributed by atoms with van der Waals surface area (Å²) in [7, 11) is 0. The minimum atomic E-state index is -0.198. The summed E-state index contributed by atoms with van der Waals surface area (Å²) in [6.45, 7) is 8.12. The van der Waals surface area contributed by atoms with Crippen molar-refractivity contribution in [3.63, 3.8) is 0 Å². The first kappa shape index (κ1) is 15.4. The van der Waals surface area contributed by atoms with E-state index < -0.39 is 0 Å². The average molecular weight is 291 g/mol. The lowest BCUT2D eigenvalue weighted by Crippen LogP contribution is -2.29. The molecule has 0 radical (unpaired) electrons. The van der Waals surface area contributed by atoms with Gasteiger partial charge in [-0.2, -0.15) is 0 Å². The molecule has 114 valence electrons. The van der Waals surface area contributed by atoms with Crippen LogP contribution in [0.25, 0.3) is 11.1 Å². The lowest BCUT2D eigenvalue weighted by Gasteiger charge is -2.12. The van der Waals surface area contributed by atoms with E-state index >= 15 is 0 Å². The summed E-state index contributed by atoms with van der Waals surface area (Å²) < 4.78 is 5.20. The van der Waals surface area contributed by atoms with Crippen molar-refractivity contribution in [2.75, 3.05) is 13.2 Å². The molecule has 0 bridgehead atoms. The zero-order valence-corrected chi connectivity index (χ0v) is 12.8. The first-order valence-corrected chi connectivity index (χ1v) is 7.10. The van der Waals surface area contributed by atoms with Crippen LogP contribution < -0.4 is 5.32 Å². The van der Waals surface area contributed by atoms with Crippen molar-refractivity contribution in [3.8, 4) is 0 Å². The van der Waals surface area contributed by atoms with E-state index in [0.29, 0.717) is 28.9 Å². The standard InChI is InChI=1S/C15H21N3O3/c1-8(2)12-5-11(14(20)16-6-9(3)7-19)13-10(4)18-21-15(13)17-12/h5,8-9,19H,6-7H2,1-4H3,(H,16,20). The van der Waals surface area contributed by atoms with Crippen molar-refractivity contribution in [2.45, 2.75) is 33.6 Å². The van der Waals surface area contributed by atoms with Crippen molar-refractivity contribution in [1.82, 2.24) is 15.5 Å². The molecule has 0 aliphatic rings. The largest absolute Gasteiger partial charge is 0.396 e. The van der Waals surface area contributed by atoms with Crippen LogP contribution >= 0.6 is 0 Å². The van der Waals surface area contributed by atoms with Gasteiger partial charge in [0.05, 0.1) is 16.6 Å². The number of carbonyl (C=O) groups excluding carboxylic acids is 1. The molecule has 0 aromatic carbocycles. The van der Waals surface area contributed by atoms with Crippen LogP contribution in [0.3, 0.4) is 0 Å². The van der Waals surface area contributed by atoms with E-state index in [2.05, 4.69) is 15.5 Å². The van der Waals surface area contributed by atoms with Crippen molar-refractivity contribution in [2.24, 2.45) is 5.92 Å². The molecule has 1 amide bonds. The van der Waals surface area contributed by atoms with E-state index in [-0.39, 0.29) is 24.3 Å². The third-order valence-corrected chi connectivity index (χ3v) is 3.40. The summed E-state index contributed by atoms with van der Waals surface area (Å²) in [5.74, 6) is -0.00181. The fourth-order valence-corrected chi connectivity index (χ4v) is 2.02. The second kappa shape index (κ2) is 6.22. The normalized spacial score (nSPS) is 12.9. The molecular weight excluding hydrogens is 270 g/mol. The molecule has 2 aromatic rings. The highest BCUT2D eigenvalue weighted by Gasteiger charge is 2.19. The highest BCUT2D eigenvalue weighted by atomic mass is 16.5. The Morgan fingerprint density at radius 2 is 2.14 bits per heavy atom. The predicted octanol–water partition coefficient (Wildman–Crippen LogP) is 2.01. The fourth-order valence-electron chi connectivity index (χ4n) is 2.02. The Bertz CT molecular complexity index is 649. The summed E-state index contributed by atoms with van der Waals surface area (Å²) in [4.78, 5) is 16.8. The third-order valence-electron chi connectivity index (χ3n) is 3.40. The van der Waals surface area contributed by atoms with Crippen LogP contribution in [-0.2, 0) is 0 Å². The van der Waals surface area contributed by atoms with Crippen LogP contribution in [0.15, 0.2) is 10.6 Å². The van der Waals surface area contributed by atoms with Crippen LogP contribution in [-0.4, -0.2) is 34.3 Å². The van der Waals surface area contributed by atoms with Gasteiger partial charge in [-0.05, 0) is 24.8 Å². The monoisotopic (exact) mass is 291 g/mol. The number of rotatable bonds is 5. The van der Waals surface area contributed by atoms with Crippen molar-refractivity contribution in [3.05, 3.63) is 23.0 Å². The highest BCUT2D eigenvalue weighted by Crippen LogP contribution is 2.25. The number of nitrogens with one attached hydrogen (secondary N) is 1. The molecule has 0 fully saturated rings. The van der Waals surface area contributed by atoms with Crippen molar-refractivity contribution in [1.29, 1.82) is 0 Å². The average Bonchev–Trinajstić information content (AvgIpc) is 2.84. The maximum atomic E-state index is 12.4. The molecule has 2 aromatic heterocycles. The number of nitrogens with zero attached hydrogens (tertiary/aromatic N) is 2. The maximum Gasteiger partial charge on any atom is 0.259 e. The first-order chi connectivity index (χ1) is 9.93. The van der Waals surface area contributed by atoms with Gasteiger partial charge in [-0.25, -0.2) is 4.98 Å². The van der Waals surface area contributed by atoms with Gasteiger partial charge in [0.15, 0.2) is 0 Å². The Kier molecular flexibility index (Phi) is 4.57. The van der Waals surface area contributed by atoms with Gasteiger partial charge in [0.1, 0.15) is 0 Å². The second-order valence-corrected chi connectivity index (χ2v) is 5.70. The molecule has 6 heteroatoms. The van der Waals surface area contributed by atoms with E-state index in [9.17, 15) is 4.79 Å². The molecule has 2 N–H and O–H groups in total. The number of aliphatic hydroxyl groups excluding tert-OH is 1. The molecular formula is C15H21N3O3. The summed E-state index contributed by atoms with van der Waals surface area (Å²) in [5.41, 5.74) is 2.35. The smallest absolute Gasteiger partial charge is 0.259 e. The first-order valence-electron chi connectivity index (χ1n) is 7.10. The molecule has 21 heavy (non-hydrogen) atoms. The molecule has 1 atom stereocenters. The van der Waals surface area contributed by atoms with E-state index in [0.717, 1.165) is 5.69 Å². The maximum absolute atomic E-state index is 12.4. The minimum Gasteiger partial charge on any atom is -0.396 e. The van der Waals surface area contributed by atoms with Crippen molar-refractivity contribution < 1.29 is 14.4 Å². The van der Waals surface area contributed by atoms with Gasteiger partial charge in [0.25, 0.3) is 11.6 Å². The number of carbonyl (C=O) groups is 1. The van der Waals surface area contributed by atoms with Gasteiger partial charge < -0.3 is 14.9 Å². The molecule has 2 heterocycles. The van der Waals surface area contributed by atoms with Crippen LogP contribution in [0.5, 0.6) is 0 Å². The van der Waals surface area contributed by atoms with Gasteiger partial charge in [-0.3, -0.25) is 4.79 Å². The fraction of sp³-hybridized carbons (Fsp3) is 0.533. The zero-order valence-electron chi connectivity index (χ0n) is 12.8. The second-order valence-electron chi connectivity index (χ2n) is 5.70. The number of pyridine rings is 1. The lowest BCUT2D eigenvalue weighted by molar-refractivity contribution is 0.0943.